The number of ether oxygens (including phenoxy) is 2. The second-order valence-corrected chi connectivity index (χ2v) is 3.11. The Hall–Kier alpha value is -1.39. The molecule has 0 atom stereocenters. The second kappa shape index (κ2) is 3.08. The van der Waals surface area contributed by atoms with Crippen molar-refractivity contribution in [3.63, 3.8) is 0 Å². The molecule has 1 N–H and O–H groups in total. The average Bonchev–Trinajstić information content (AvgIpc) is 2.56. The molecule has 0 saturated heterocycles. The molecule has 0 saturated carbocycles. The predicted octanol–water partition coefficient (Wildman–Crippen LogP) is 0.485. The van der Waals surface area contributed by atoms with Crippen molar-refractivity contribution in [2.45, 2.75) is 5.79 Å². The minimum atomic E-state index is -0.857. The molecule has 0 radical (unpaired) electrons. The first kappa shape index (κ1) is 9.18. The van der Waals surface area contributed by atoms with E-state index in [4.69, 9.17) is 9.47 Å². The van der Waals surface area contributed by atoms with E-state index in [-0.39, 0.29) is 5.91 Å². The Morgan fingerprint density at radius 3 is 2.71 bits per heavy atom. The Morgan fingerprint density at radius 2 is 2.07 bits per heavy atom. The van der Waals surface area contributed by atoms with Crippen molar-refractivity contribution in [1.29, 1.82) is 0 Å². The van der Waals surface area contributed by atoms with E-state index >= 15 is 0 Å². The molecule has 0 unspecified atom stereocenters. The molecule has 0 aromatic heterocycles. The van der Waals surface area contributed by atoms with E-state index in [1.54, 1.807) is 32.4 Å². The van der Waals surface area contributed by atoms with Gasteiger partial charge in [-0.1, -0.05) is 6.08 Å². The first-order valence-corrected chi connectivity index (χ1v) is 4.24. The van der Waals surface area contributed by atoms with Gasteiger partial charge in [-0.05, 0) is 6.08 Å². The SMILES string of the molecule is COC1(OC)C=CC2=CC(=O)NC2=C1. The van der Waals surface area contributed by atoms with Gasteiger partial charge in [-0.2, -0.15) is 0 Å². The van der Waals surface area contributed by atoms with Crippen LogP contribution < -0.4 is 5.32 Å². The Kier molecular flexibility index (Phi) is 2.02. The summed E-state index contributed by atoms with van der Waals surface area (Å²) in [5, 5.41) is 2.70. The Labute approximate surface area is 81.9 Å². The molecule has 0 aromatic rings. The molecule has 14 heavy (non-hydrogen) atoms. The largest absolute Gasteiger partial charge is 0.346 e. The van der Waals surface area contributed by atoms with Crippen molar-refractivity contribution in [2.75, 3.05) is 14.2 Å². The summed E-state index contributed by atoms with van der Waals surface area (Å²) in [6, 6.07) is 0. The topological polar surface area (TPSA) is 47.6 Å². The number of hydrogen-bond donors (Lipinski definition) is 1. The maximum Gasteiger partial charge on any atom is 0.249 e. The number of fused-ring (bicyclic) bond motifs is 1. The lowest BCUT2D eigenvalue weighted by Gasteiger charge is -2.27. The van der Waals surface area contributed by atoms with Gasteiger partial charge in [0.1, 0.15) is 0 Å². The third kappa shape index (κ3) is 1.29. The molecule has 0 aromatic carbocycles. The van der Waals surface area contributed by atoms with Gasteiger partial charge in [0.05, 0.1) is 5.70 Å². The highest BCUT2D eigenvalue weighted by molar-refractivity contribution is 5.95. The third-order valence-corrected chi connectivity index (χ3v) is 2.33. The van der Waals surface area contributed by atoms with Crippen molar-refractivity contribution in [1.82, 2.24) is 5.32 Å². The molecule has 4 nitrogen and oxygen atoms in total. The van der Waals surface area contributed by atoms with Crippen molar-refractivity contribution in [3.8, 4) is 0 Å². The quantitative estimate of drug-likeness (QED) is 0.649. The predicted molar refractivity (Wildman–Crippen MR) is 50.2 cm³/mol. The second-order valence-electron chi connectivity index (χ2n) is 3.11. The van der Waals surface area contributed by atoms with Crippen LogP contribution in [-0.4, -0.2) is 25.9 Å². The zero-order valence-corrected chi connectivity index (χ0v) is 8.03. The summed E-state index contributed by atoms with van der Waals surface area (Å²) in [4.78, 5) is 11.1. The summed E-state index contributed by atoms with van der Waals surface area (Å²) < 4.78 is 10.4. The maximum atomic E-state index is 11.1. The molecule has 1 aliphatic heterocycles. The first-order valence-electron chi connectivity index (χ1n) is 4.24. The molecule has 1 amide bonds. The number of allylic oxidation sites excluding steroid dienone is 1. The van der Waals surface area contributed by atoms with Crippen LogP contribution >= 0.6 is 0 Å². The van der Waals surface area contributed by atoms with Gasteiger partial charge in [-0.25, -0.2) is 0 Å². The summed E-state index contributed by atoms with van der Waals surface area (Å²) in [6.45, 7) is 0. The van der Waals surface area contributed by atoms with Gasteiger partial charge >= 0.3 is 0 Å². The Morgan fingerprint density at radius 1 is 1.36 bits per heavy atom. The Bertz CT molecular complexity index is 362. The fourth-order valence-corrected chi connectivity index (χ4v) is 1.51. The number of amides is 1. The third-order valence-electron chi connectivity index (χ3n) is 2.33. The van der Waals surface area contributed by atoms with E-state index in [0.29, 0.717) is 0 Å². The average molecular weight is 193 g/mol. The highest BCUT2D eigenvalue weighted by Crippen LogP contribution is 2.28. The summed E-state index contributed by atoms with van der Waals surface area (Å²) in [5.74, 6) is -0.969. The van der Waals surface area contributed by atoms with Gasteiger partial charge in [-0.3, -0.25) is 4.79 Å². The smallest absolute Gasteiger partial charge is 0.249 e. The van der Waals surface area contributed by atoms with Crippen molar-refractivity contribution in [3.05, 3.63) is 35.6 Å². The normalized spacial score (nSPS) is 22.6. The highest BCUT2D eigenvalue weighted by atomic mass is 16.7. The number of rotatable bonds is 2. The minimum absolute atomic E-state index is 0.112. The van der Waals surface area contributed by atoms with Gasteiger partial charge in [0.2, 0.25) is 11.7 Å². The van der Waals surface area contributed by atoms with Gasteiger partial charge in [0.15, 0.2) is 0 Å². The van der Waals surface area contributed by atoms with Crippen LogP contribution in [0.3, 0.4) is 0 Å². The van der Waals surface area contributed by atoms with E-state index in [2.05, 4.69) is 5.32 Å². The van der Waals surface area contributed by atoms with Crippen LogP contribution in [-0.2, 0) is 14.3 Å². The highest BCUT2D eigenvalue weighted by Gasteiger charge is 2.30. The molecule has 2 aliphatic rings. The van der Waals surface area contributed by atoms with Crippen molar-refractivity contribution >= 4 is 5.91 Å². The monoisotopic (exact) mass is 193 g/mol. The fraction of sp³-hybridized carbons (Fsp3) is 0.300. The number of hydrogen-bond acceptors (Lipinski definition) is 3. The molecule has 1 aliphatic carbocycles. The zero-order valence-electron chi connectivity index (χ0n) is 8.03. The molecule has 4 heteroatoms. The lowest BCUT2D eigenvalue weighted by atomic mass is 10.0. The number of carbonyl (C=O) groups excluding carboxylic acids is 1. The zero-order chi connectivity index (χ0) is 10.2. The maximum absolute atomic E-state index is 11.1. The summed E-state index contributed by atoms with van der Waals surface area (Å²) in [7, 11) is 3.10. The van der Waals surface area contributed by atoms with Crippen LogP contribution in [0.25, 0.3) is 0 Å². The molecule has 0 bridgehead atoms. The van der Waals surface area contributed by atoms with Crippen molar-refractivity contribution in [2.24, 2.45) is 0 Å². The van der Waals surface area contributed by atoms with Crippen LogP contribution in [0.4, 0.5) is 0 Å². The molecule has 1 heterocycles. The molecule has 74 valence electrons. The van der Waals surface area contributed by atoms with Gasteiger partial charge in [-0.15, -0.1) is 0 Å². The van der Waals surface area contributed by atoms with Crippen molar-refractivity contribution < 1.29 is 14.3 Å². The molecular formula is C10H11NO3. The van der Waals surface area contributed by atoms with Gasteiger partial charge in [0, 0.05) is 31.9 Å². The van der Waals surface area contributed by atoms with E-state index < -0.39 is 5.79 Å². The number of methoxy groups -OCH3 is 2. The number of nitrogens with one attached hydrogen (secondary N) is 1. The standard InChI is InChI=1S/C10H11NO3/c1-13-10(14-2)4-3-7-5-9(12)11-8(7)6-10/h3-6H,1-2H3,(H,11,12). The van der Waals surface area contributed by atoms with Gasteiger partial charge in [0.25, 0.3) is 0 Å². The molecule has 0 spiro atoms. The van der Waals surface area contributed by atoms with Crippen LogP contribution in [0.2, 0.25) is 0 Å². The number of carbonyl (C=O) groups is 1. The van der Waals surface area contributed by atoms with Crippen LogP contribution in [0.1, 0.15) is 0 Å². The van der Waals surface area contributed by atoms with Gasteiger partial charge < -0.3 is 14.8 Å². The van der Waals surface area contributed by atoms with E-state index in [9.17, 15) is 4.79 Å². The summed E-state index contributed by atoms with van der Waals surface area (Å²) >= 11 is 0. The van der Waals surface area contributed by atoms with E-state index in [0.717, 1.165) is 11.3 Å². The van der Waals surface area contributed by atoms with Crippen LogP contribution in [0, 0.1) is 0 Å². The molecule has 0 fully saturated rings. The molecule has 2 rings (SSSR count). The van der Waals surface area contributed by atoms with Crippen LogP contribution in [0.15, 0.2) is 35.6 Å². The van der Waals surface area contributed by atoms with Crippen LogP contribution in [0.5, 0.6) is 0 Å². The fourth-order valence-electron chi connectivity index (χ4n) is 1.51. The van der Waals surface area contributed by atoms with E-state index in [1.807, 2.05) is 0 Å². The Balaban J connectivity index is 2.37. The summed E-state index contributed by atoms with van der Waals surface area (Å²) in [5.41, 5.74) is 1.60. The minimum Gasteiger partial charge on any atom is -0.346 e. The molecular weight excluding hydrogens is 182 g/mol. The van der Waals surface area contributed by atoms with E-state index in [1.165, 1.54) is 6.08 Å². The lowest BCUT2D eigenvalue weighted by Crippen LogP contribution is -2.32. The first-order chi connectivity index (χ1) is 6.69. The lowest BCUT2D eigenvalue weighted by molar-refractivity contribution is -0.134. The summed E-state index contributed by atoms with van der Waals surface area (Å²) in [6.07, 6.45) is 6.85.